The second kappa shape index (κ2) is 5.37. The highest BCUT2D eigenvalue weighted by Gasteiger charge is 2.21. The Kier molecular flexibility index (Phi) is 3.85. The average Bonchev–Trinajstić information content (AvgIpc) is 2.80. The first kappa shape index (κ1) is 11.5. The highest BCUT2D eigenvalue weighted by molar-refractivity contribution is 5.09. The third-order valence-electron chi connectivity index (χ3n) is 3.35. The predicted molar refractivity (Wildman–Crippen MR) is 60.8 cm³/mol. The molecule has 2 rings (SSSR count). The minimum atomic E-state index is -0.305. The van der Waals surface area contributed by atoms with E-state index in [-0.39, 0.29) is 11.9 Å². The van der Waals surface area contributed by atoms with Crippen molar-refractivity contribution in [1.82, 2.24) is 10.4 Å². The average molecular weight is 223 g/mol. The number of hydrogen-bond acceptors (Lipinski definition) is 3. The number of nitrogens with two attached hydrogens (primary N) is 1. The van der Waals surface area contributed by atoms with E-state index in [0.29, 0.717) is 0 Å². The van der Waals surface area contributed by atoms with Gasteiger partial charge in [-0.15, -0.1) is 0 Å². The SMILES string of the molecule is NNC(CC1CCCC1)c1ccc(F)cn1. The van der Waals surface area contributed by atoms with Crippen LogP contribution in [-0.2, 0) is 0 Å². The van der Waals surface area contributed by atoms with Gasteiger partial charge in [0, 0.05) is 0 Å². The molecule has 1 saturated carbocycles. The molecule has 1 aromatic rings. The normalized spacial score (nSPS) is 18.9. The summed E-state index contributed by atoms with van der Waals surface area (Å²) in [6, 6.07) is 3.18. The van der Waals surface area contributed by atoms with Crippen LogP contribution in [-0.4, -0.2) is 4.98 Å². The van der Waals surface area contributed by atoms with Crippen LogP contribution >= 0.6 is 0 Å². The molecule has 0 radical (unpaired) electrons. The molecule has 3 N–H and O–H groups in total. The molecule has 88 valence electrons. The minimum Gasteiger partial charge on any atom is -0.271 e. The van der Waals surface area contributed by atoms with Gasteiger partial charge in [0.25, 0.3) is 0 Å². The highest BCUT2D eigenvalue weighted by atomic mass is 19.1. The Labute approximate surface area is 95.2 Å². The van der Waals surface area contributed by atoms with E-state index in [1.807, 2.05) is 0 Å². The van der Waals surface area contributed by atoms with E-state index in [2.05, 4.69) is 10.4 Å². The van der Waals surface area contributed by atoms with Crippen LogP contribution in [0.25, 0.3) is 0 Å². The first-order chi connectivity index (χ1) is 7.79. The maximum Gasteiger partial charge on any atom is 0.141 e. The molecule has 0 spiro atoms. The van der Waals surface area contributed by atoms with E-state index in [4.69, 9.17) is 5.84 Å². The van der Waals surface area contributed by atoms with Gasteiger partial charge in [-0.1, -0.05) is 25.7 Å². The molecule has 4 heteroatoms. The third kappa shape index (κ3) is 2.77. The van der Waals surface area contributed by atoms with Gasteiger partial charge >= 0.3 is 0 Å². The summed E-state index contributed by atoms with van der Waals surface area (Å²) >= 11 is 0. The molecule has 1 aliphatic carbocycles. The summed E-state index contributed by atoms with van der Waals surface area (Å²) in [6.07, 6.45) is 7.43. The molecule has 0 aliphatic heterocycles. The zero-order chi connectivity index (χ0) is 11.4. The Bertz CT molecular complexity index is 320. The molecule has 1 aliphatic rings. The van der Waals surface area contributed by atoms with Crippen molar-refractivity contribution in [2.45, 2.75) is 38.1 Å². The fourth-order valence-electron chi connectivity index (χ4n) is 2.45. The molecule has 0 saturated heterocycles. The molecule has 3 nitrogen and oxygen atoms in total. The number of pyridine rings is 1. The van der Waals surface area contributed by atoms with E-state index in [9.17, 15) is 4.39 Å². The minimum absolute atomic E-state index is 0.0451. The third-order valence-corrected chi connectivity index (χ3v) is 3.35. The lowest BCUT2D eigenvalue weighted by atomic mass is 9.96. The van der Waals surface area contributed by atoms with Gasteiger partial charge in [0.2, 0.25) is 0 Å². The van der Waals surface area contributed by atoms with Gasteiger partial charge in [-0.05, 0) is 24.5 Å². The van der Waals surface area contributed by atoms with Gasteiger partial charge in [-0.25, -0.2) is 4.39 Å². The molecule has 1 atom stereocenters. The lowest BCUT2D eigenvalue weighted by Gasteiger charge is -2.19. The number of aromatic nitrogens is 1. The summed E-state index contributed by atoms with van der Waals surface area (Å²) < 4.78 is 12.7. The van der Waals surface area contributed by atoms with E-state index in [1.54, 1.807) is 6.07 Å². The second-order valence-electron chi connectivity index (χ2n) is 4.51. The standard InChI is InChI=1S/C12H18FN3/c13-10-5-6-11(15-8-10)12(16-14)7-9-3-1-2-4-9/h5-6,8-9,12,16H,1-4,7,14H2. The Morgan fingerprint density at radius 3 is 2.75 bits per heavy atom. The van der Waals surface area contributed by atoms with Crippen molar-refractivity contribution in [2.24, 2.45) is 11.8 Å². The summed E-state index contributed by atoms with van der Waals surface area (Å²) in [5, 5.41) is 0. The molecule has 1 fully saturated rings. The molecule has 1 aromatic heterocycles. The summed E-state index contributed by atoms with van der Waals surface area (Å²) in [5.41, 5.74) is 3.61. The van der Waals surface area contributed by atoms with E-state index in [0.717, 1.165) is 18.0 Å². The molecule has 0 bridgehead atoms. The van der Waals surface area contributed by atoms with Crippen molar-refractivity contribution in [3.63, 3.8) is 0 Å². The van der Waals surface area contributed by atoms with Gasteiger partial charge in [0.15, 0.2) is 0 Å². The van der Waals surface area contributed by atoms with Crippen molar-refractivity contribution >= 4 is 0 Å². The number of nitrogens with one attached hydrogen (secondary N) is 1. The Morgan fingerprint density at radius 1 is 1.44 bits per heavy atom. The summed E-state index contributed by atoms with van der Waals surface area (Å²) in [4.78, 5) is 4.07. The zero-order valence-corrected chi connectivity index (χ0v) is 9.32. The lowest BCUT2D eigenvalue weighted by molar-refractivity contribution is 0.393. The molecule has 0 amide bonds. The molecular formula is C12H18FN3. The van der Waals surface area contributed by atoms with Crippen LogP contribution in [0.1, 0.15) is 43.8 Å². The summed E-state index contributed by atoms with van der Waals surface area (Å²) in [6.45, 7) is 0. The van der Waals surface area contributed by atoms with Crippen LogP contribution in [0.4, 0.5) is 4.39 Å². The quantitative estimate of drug-likeness (QED) is 0.608. The fraction of sp³-hybridized carbons (Fsp3) is 0.583. The van der Waals surface area contributed by atoms with Crippen molar-refractivity contribution in [3.05, 3.63) is 29.8 Å². The van der Waals surface area contributed by atoms with Crippen molar-refractivity contribution in [2.75, 3.05) is 0 Å². The lowest BCUT2D eigenvalue weighted by Crippen LogP contribution is -2.30. The van der Waals surface area contributed by atoms with E-state index in [1.165, 1.54) is 37.9 Å². The largest absolute Gasteiger partial charge is 0.271 e. The number of rotatable bonds is 4. The maximum absolute atomic E-state index is 12.7. The number of halogens is 1. The Morgan fingerprint density at radius 2 is 2.19 bits per heavy atom. The van der Waals surface area contributed by atoms with E-state index < -0.39 is 0 Å². The van der Waals surface area contributed by atoms with E-state index >= 15 is 0 Å². The molecule has 1 unspecified atom stereocenters. The smallest absolute Gasteiger partial charge is 0.141 e. The first-order valence-corrected chi connectivity index (χ1v) is 5.87. The number of nitrogens with zero attached hydrogens (tertiary/aromatic N) is 1. The number of hydrogen-bond donors (Lipinski definition) is 2. The topological polar surface area (TPSA) is 50.9 Å². The Hall–Kier alpha value is -1.00. The molecule has 0 aromatic carbocycles. The van der Waals surface area contributed by atoms with Crippen molar-refractivity contribution in [3.8, 4) is 0 Å². The van der Waals surface area contributed by atoms with Gasteiger partial charge in [0.05, 0.1) is 17.9 Å². The van der Waals surface area contributed by atoms with Crippen LogP contribution in [0.2, 0.25) is 0 Å². The maximum atomic E-state index is 12.7. The van der Waals surface area contributed by atoms with Crippen LogP contribution in [0, 0.1) is 11.7 Å². The van der Waals surface area contributed by atoms with Crippen molar-refractivity contribution in [1.29, 1.82) is 0 Å². The van der Waals surface area contributed by atoms with Crippen LogP contribution < -0.4 is 11.3 Å². The monoisotopic (exact) mass is 223 g/mol. The zero-order valence-electron chi connectivity index (χ0n) is 9.32. The fourth-order valence-corrected chi connectivity index (χ4v) is 2.45. The number of hydrazine groups is 1. The summed E-state index contributed by atoms with van der Waals surface area (Å²) in [7, 11) is 0. The van der Waals surface area contributed by atoms with Crippen LogP contribution in [0.15, 0.2) is 18.3 Å². The van der Waals surface area contributed by atoms with Crippen LogP contribution in [0.3, 0.4) is 0 Å². The highest BCUT2D eigenvalue weighted by Crippen LogP contribution is 2.32. The second-order valence-corrected chi connectivity index (χ2v) is 4.51. The molecule has 16 heavy (non-hydrogen) atoms. The first-order valence-electron chi connectivity index (χ1n) is 5.87. The summed E-state index contributed by atoms with van der Waals surface area (Å²) in [5.74, 6) is 5.96. The van der Waals surface area contributed by atoms with Crippen molar-refractivity contribution < 1.29 is 4.39 Å². The molecule has 1 heterocycles. The Balaban J connectivity index is 2.00. The van der Waals surface area contributed by atoms with Crippen LogP contribution in [0.5, 0.6) is 0 Å². The predicted octanol–water partition coefficient (Wildman–Crippen LogP) is 2.31. The van der Waals surface area contributed by atoms with Gasteiger partial charge in [-0.2, -0.15) is 0 Å². The van der Waals surface area contributed by atoms with Gasteiger partial charge in [0.1, 0.15) is 5.82 Å². The van der Waals surface area contributed by atoms with Gasteiger partial charge < -0.3 is 0 Å². The molecular weight excluding hydrogens is 205 g/mol. The van der Waals surface area contributed by atoms with Gasteiger partial charge in [-0.3, -0.25) is 16.3 Å².